The van der Waals surface area contributed by atoms with Crippen molar-refractivity contribution in [3.63, 3.8) is 0 Å². The summed E-state index contributed by atoms with van der Waals surface area (Å²) < 4.78 is 6.85. The van der Waals surface area contributed by atoms with Crippen molar-refractivity contribution in [2.75, 3.05) is 25.0 Å². The Bertz CT molecular complexity index is 483. The molecule has 20 heavy (non-hydrogen) atoms. The topological polar surface area (TPSA) is 41.6 Å². The van der Waals surface area contributed by atoms with E-state index in [0.717, 1.165) is 11.3 Å². The number of benzene rings is 1. The molecule has 0 spiro atoms. The van der Waals surface area contributed by atoms with Crippen LogP contribution in [0.5, 0.6) is 0 Å². The van der Waals surface area contributed by atoms with Crippen LogP contribution in [-0.2, 0) is 9.53 Å². The second-order valence-electron chi connectivity index (χ2n) is 5.37. The number of anilines is 1. The summed E-state index contributed by atoms with van der Waals surface area (Å²) in [5.74, 6) is 0.130. The second-order valence-corrected chi connectivity index (χ2v) is 6.61. The van der Waals surface area contributed by atoms with Crippen LogP contribution in [0.25, 0.3) is 0 Å². The van der Waals surface area contributed by atoms with Crippen LogP contribution in [0, 0.1) is 10.5 Å². The first kappa shape index (κ1) is 15.6. The molecule has 1 aromatic rings. The molecule has 5 heteroatoms. The Morgan fingerprint density at radius 2 is 2.05 bits per heavy atom. The van der Waals surface area contributed by atoms with Crippen molar-refractivity contribution >= 4 is 34.2 Å². The number of halogens is 1. The van der Waals surface area contributed by atoms with Gasteiger partial charge in [-0.1, -0.05) is 0 Å². The van der Waals surface area contributed by atoms with Gasteiger partial charge in [0.15, 0.2) is 0 Å². The highest BCUT2D eigenvalue weighted by atomic mass is 127. The van der Waals surface area contributed by atoms with E-state index < -0.39 is 0 Å². The minimum Gasteiger partial charge on any atom is -0.376 e. The summed E-state index contributed by atoms with van der Waals surface area (Å²) in [6.07, 6.45) is 0.227. The fourth-order valence-corrected chi connectivity index (χ4v) is 3.14. The Kier molecular flexibility index (Phi) is 5.26. The first-order valence-corrected chi connectivity index (χ1v) is 7.97. The van der Waals surface area contributed by atoms with Crippen LogP contribution >= 0.6 is 22.6 Å². The maximum Gasteiger partial charge on any atom is 0.242 e. The van der Waals surface area contributed by atoms with Gasteiger partial charge in [0, 0.05) is 22.3 Å². The smallest absolute Gasteiger partial charge is 0.242 e. The van der Waals surface area contributed by atoms with Gasteiger partial charge in [0.05, 0.1) is 18.8 Å². The van der Waals surface area contributed by atoms with Crippen LogP contribution in [0.1, 0.15) is 19.4 Å². The quantitative estimate of drug-likeness (QED) is 0.810. The maximum absolute atomic E-state index is 12.2. The average molecular weight is 388 g/mol. The lowest BCUT2D eigenvalue weighted by Crippen LogP contribution is -2.49. The second kappa shape index (κ2) is 6.76. The van der Waals surface area contributed by atoms with Crippen LogP contribution < -0.4 is 5.32 Å². The first-order valence-electron chi connectivity index (χ1n) is 6.89. The van der Waals surface area contributed by atoms with Crippen molar-refractivity contribution in [2.45, 2.75) is 33.0 Å². The number of hydrogen-bond donors (Lipinski definition) is 1. The van der Waals surface area contributed by atoms with Gasteiger partial charge in [-0.25, -0.2) is 0 Å². The lowest BCUT2D eigenvalue weighted by molar-refractivity contribution is -0.141. The van der Waals surface area contributed by atoms with Crippen LogP contribution in [0.3, 0.4) is 0 Å². The minimum absolute atomic E-state index is 0.114. The summed E-state index contributed by atoms with van der Waals surface area (Å²) >= 11 is 2.29. The fraction of sp³-hybridized carbons (Fsp3) is 0.533. The van der Waals surface area contributed by atoms with Crippen molar-refractivity contribution in [3.05, 3.63) is 27.3 Å². The molecule has 1 aliphatic heterocycles. The van der Waals surface area contributed by atoms with E-state index in [1.807, 2.05) is 37.8 Å². The van der Waals surface area contributed by atoms with E-state index in [1.165, 1.54) is 3.57 Å². The predicted molar refractivity (Wildman–Crippen MR) is 89.0 cm³/mol. The number of carbonyl (C=O) groups excluding carboxylic acids is 1. The first-order chi connectivity index (χ1) is 9.45. The fourth-order valence-electron chi connectivity index (χ4n) is 2.49. The molecule has 0 bridgehead atoms. The molecule has 2 rings (SSSR count). The van der Waals surface area contributed by atoms with Gasteiger partial charge in [-0.3, -0.25) is 4.79 Å². The maximum atomic E-state index is 12.2. The van der Waals surface area contributed by atoms with E-state index in [0.29, 0.717) is 19.6 Å². The molecule has 110 valence electrons. The van der Waals surface area contributed by atoms with E-state index in [1.54, 1.807) is 0 Å². The van der Waals surface area contributed by atoms with Gasteiger partial charge in [0.1, 0.15) is 0 Å². The average Bonchev–Trinajstić information content (AvgIpc) is 2.36. The van der Waals surface area contributed by atoms with Crippen molar-refractivity contribution in [2.24, 2.45) is 0 Å². The summed E-state index contributed by atoms with van der Waals surface area (Å²) in [4.78, 5) is 14.1. The van der Waals surface area contributed by atoms with Crippen molar-refractivity contribution in [3.8, 4) is 0 Å². The molecule has 1 N–H and O–H groups in total. The third-order valence-corrected chi connectivity index (χ3v) is 4.06. The number of aryl methyl sites for hydroxylation is 1. The number of rotatable bonds is 3. The number of carbonyl (C=O) groups is 1. The van der Waals surface area contributed by atoms with Gasteiger partial charge in [0.2, 0.25) is 5.91 Å². The third kappa shape index (κ3) is 4.09. The van der Waals surface area contributed by atoms with E-state index in [2.05, 4.69) is 34.0 Å². The zero-order chi connectivity index (χ0) is 14.7. The Morgan fingerprint density at radius 1 is 1.40 bits per heavy atom. The summed E-state index contributed by atoms with van der Waals surface area (Å²) in [5.41, 5.74) is 2.18. The number of amides is 1. The number of nitrogens with one attached hydrogen (secondary N) is 1. The molecule has 0 saturated carbocycles. The number of ether oxygens (including phenoxy) is 1. The molecule has 1 saturated heterocycles. The molecular formula is C15H21IN2O2. The summed E-state index contributed by atoms with van der Waals surface area (Å²) in [6, 6.07) is 6.17. The van der Waals surface area contributed by atoms with Gasteiger partial charge >= 0.3 is 0 Å². The van der Waals surface area contributed by atoms with E-state index in [-0.39, 0.29) is 18.1 Å². The number of nitrogens with zero attached hydrogens (tertiary/aromatic N) is 1. The Morgan fingerprint density at radius 3 is 2.65 bits per heavy atom. The van der Waals surface area contributed by atoms with Crippen LogP contribution in [0.15, 0.2) is 18.2 Å². The minimum atomic E-state index is 0.114. The SMILES string of the molecule is Cc1cc(I)ccc1NCC(=O)N1C[C@H](C)O[C@@H](C)C1. The van der Waals surface area contributed by atoms with Gasteiger partial charge in [-0.05, 0) is 67.1 Å². The summed E-state index contributed by atoms with van der Waals surface area (Å²) in [5, 5.41) is 3.23. The highest BCUT2D eigenvalue weighted by molar-refractivity contribution is 14.1. The highest BCUT2D eigenvalue weighted by Crippen LogP contribution is 2.18. The van der Waals surface area contributed by atoms with Gasteiger partial charge in [-0.2, -0.15) is 0 Å². The number of morpholine rings is 1. The molecule has 1 amide bonds. The zero-order valence-electron chi connectivity index (χ0n) is 12.1. The molecule has 0 aromatic heterocycles. The molecular weight excluding hydrogens is 367 g/mol. The molecule has 0 radical (unpaired) electrons. The molecule has 1 fully saturated rings. The number of hydrogen-bond acceptors (Lipinski definition) is 3. The molecule has 0 aliphatic carbocycles. The van der Waals surface area contributed by atoms with Crippen LogP contribution in [0.4, 0.5) is 5.69 Å². The van der Waals surface area contributed by atoms with Gasteiger partial charge < -0.3 is 15.0 Å². The Balaban J connectivity index is 1.91. The lowest BCUT2D eigenvalue weighted by atomic mass is 10.2. The predicted octanol–water partition coefficient (Wildman–Crippen LogP) is 2.65. The molecule has 1 aromatic carbocycles. The van der Waals surface area contributed by atoms with E-state index in [4.69, 9.17) is 4.74 Å². The molecule has 2 atom stereocenters. The van der Waals surface area contributed by atoms with E-state index >= 15 is 0 Å². The largest absolute Gasteiger partial charge is 0.376 e. The Hall–Kier alpha value is -0.820. The van der Waals surface area contributed by atoms with Crippen LogP contribution in [0.2, 0.25) is 0 Å². The van der Waals surface area contributed by atoms with Crippen molar-refractivity contribution in [1.82, 2.24) is 4.90 Å². The molecule has 0 unspecified atom stereocenters. The van der Waals surface area contributed by atoms with Gasteiger partial charge in [0.25, 0.3) is 0 Å². The normalized spacial score (nSPS) is 22.7. The van der Waals surface area contributed by atoms with Crippen molar-refractivity contribution < 1.29 is 9.53 Å². The summed E-state index contributed by atoms with van der Waals surface area (Å²) in [6.45, 7) is 7.75. The zero-order valence-corrected chi connectivity index (χ0v) is 14.3. The molecule has 1 aliphatic rings. The molecule has 4 nitrogen and oxygen atoms in total. The third-order valence-electron chi connectivity index (χ3n) is 3.39. The standard InChI is InChI=1S/C15H21IN2O2/c1-10-6-13(16)4-5-14(10)17-7-15(19)18-8-11(2)20-12(3)9-18/h4-6,11-12,17H,7-9H2,1-3H3/t11-,12-/m0/s1. The van der Waals surface area contributed by atoms with Crippen molar-refractivity contribution in [1.29, 1.82) is 0 Å². The van der Waals surface area contributed by atoms with Crippen LogP contribution in [-0.4, -0.2) is 42.6 Å². The van der Waals surface area contributed by atoms with E-state index in [9.17, 15) is 4.79 Å². The molecule has 1 heterocycles. The Labute approximate surface area is 134 Å². The summed E-state index contributed by atoms with van der Waals surface area (Å²) in [7, 11) is 0. The van der Waals surface area contributed by atoms with Gasteiger partial charge in [-0.15, -0.1) is 0 Å². The monoisotopic (exact) mass is 388 g/mol. The lowest BCUT2D eigenvalue weighted by Gasteiger charge is -2.35. The highest BCUT2D eigenvalue weighted by Gasteiger charge is 2.25.